The van der Waals surface area contributed by atoms with Crippen LogP contribution < -0.4 is 10.1 Å². The summed E-state index contributed by atoms with van der Waals surface area (Å²) in [7, 11) is 1.36. The van der Waals surface area contributed by atoms with E-state index >= 15 is 0 Å². The second-order valence-electron chi connectivity index (χ2n) is 4.26. The highest BCUT2D eigenvalue weighted by Gasteiger charge is 2.17. The molecule has 106 valence electrons. The van der Waals surface area contributed by atoms with Crippen LogP contribution in [0.1, 0.15) is 35.6 Å². The van der Waals surface area contributed by atoms with Crippen LogP contribution in [0.25, 0.3) is 0 Å². The topological polar surface area (TPSA) is 67.0 Å². The molecular formula is C14H16FN3O2. The van der Waals surface area contributed by atoms with E-state index in [2.05, 4.69) is 15.3 Å². The lowest BCUT2D eigenvalue weighted by atomic mass is 10.1. The molecule has 0 saturated heterocycles. The molecule has 0 spiro atoms. The van der Waals surface area contributed by atoms with Crippen LogP contribution in [0.3, 0.4) is 0 Å². The molecule has 1 unspecified atom stereocenters. The lowest BCUT2D eigenvalue weighted by Crippen LogP contribution is -2.28. The summed E-state index contributed by atoms with van der Waals surface area (Å²) in [4.78, 5) is 19.3. The molecule has 1 amide bonds. The largest absolute Gasteiger partial charge is 0.494 e. The van der Waals surface area contributed by atoms with E-state index in [0.717, 1.165) is 0 Å². The Bertz CT molecular complexity index is 584. The van der Waals surface area contributed by atoms with Gasteiger partial charge < -0.3 is 15.0 Å². The van der Waals surface area contributed by atoms with Gasteiger partial charge in [-0.2, -0.15) is 0 Å². The van der Waals surface area contributed by atoms with E-state index in [9.17, 15) is 9.18 Å². The molecule has 1 heterocycles. The standard InChI is InChI=1S/C14H16FN3O2/c1-3-11(13-16-6-7-17-13)18-14(19)9-4-5-10(15)12(8-9)20-2/h4-8,11H,3H2,1-2H3,(H,16,17)(H,18,19). The SMILES string of the molecule is CCC(NC(=O)c1ccc(F)c(OC)c1)c1ncc[nH]1. The van der Waals surface area contributed by atoms with Crippen molar-refractivity contribution in [2.75, 3.05) is 7.11 Å². The van der Waals surface area contributed by atoms with Crippen LogP contribution >= 0.6 is 0 Å². The molecule has 20 heavy (non-hydrogen) atoms. The monoisotopic (exact) mass is 277 g/mol. The first-order valence-corrected chi connectivity index (χ1v) is 6.29. The van der Waals surface area contributed by atoms with Crippen LogP contribution in [0.15, 0.2) is 30.6 Å². The van der Waals surface area contributed by atoms with E-state index < -0.39 is 5.82 Å². The lowest BCUT2D eigenvalue weighted by molar-refractivity contribution is 0.0933. The third-order valence-electron chi connectivity index (χ3n) is 2.98. The third kappa shape index (κ3) is 2.96. The van der Waals surface area contributed by atoms with Crippen molar-refractivity contribution in [3.63, 3.8) is 0 Å². The molecule has 2 rings (SSSR count). The summed E-state index contributed by atoms with van der Waals surface area (Å²) in [6.07, 6.45) is 4.02. The minimum atomic E-state index is -0.498. The van der Waals surface area contributed by atoms with E-state index in [-0.39, 0.29) is 17.7 Å². The molecule has 1 aromatic heterocycles. The molecule has 2 aromatic rings. The van der Waals surface area contributed by atoms with Crippen LogP contribution in [-0.2, 0) is 0 Å². The number of benzene rings is 1. The summed E-state index contributed by atoms with van der Waals surface area (Å²) in [6.45, 7) is 1.94. The third-order valence-corrected chi connectivity index (χ3v) is 2.98. The molecule has 1 atom stereocenters. The van der Waals surface area contributed by atoms with Gasteiger partial charge in [-0.05, 0) is 24.6 Å². The number of amides is 1. The highest BCUT2D eigenvalue weighted by Crippen LogP contribution is 2.19. The first kappa shape index (κ1) is 14.0. The minimum Gasteiger partial charge on any atom is -0.494 e. The Hall–Kier alpha value is -2.37. The Morgan fingerprint density at radius 1 is 1.55 bits per heavy atom. The summed E-state index contributed by atoms with van der Waals surface area (Å²) >= 11 is 0. The zero-order valence-electron chi connectivity index (χ0n) is 11.3. The molecule has 0 radical (unpaired) electrons. The first-order chi connectivity index (χ1) is 9.65. The van der Waals surface area contributed by atoms with E-state index in [1.165, 1.54) is 25.3 Å². The van der Waals surface area contributed by atoms with Crippen LogP contribution in [0.5, 0.6) is 5.75 Å². The molecule has 0 bridgehead atoms. The van der Waals surface area contributed by atoms with Gasteiger partial charge in [0.2, 0.25) is 0 Å². The Morgan fingerprint density at radius 3 is 2.95 bits per heavy atom. The van der Waals surface area contributed by atoms with Crippen molar-refractivity contribution in [3.8, 4) is 5.75 Å². The molecule has 5 nitrogen and oxygen atoms in total. The van der Waals surface area contributed by atoms with Gasteiger partial charge in [-0.15, -0.1) is 0 Å². The fourth-order valence-electron chi connectivity index (χ4n) is 1.87. The number of imidazole rings is 1. The summed E-state index contributed by atoms with van der Waals surface area (Å²) in [5, 5.41) is 2.85. The molecular weight excluding hydrogens is 261 g/mol. The van der Waals surface area contributed by atoms with E-state index in [1.54, 1.807) is 12.4 Å². The Morgan fingerprint density at radius 2 is 2.35 bits per heavy atom. The van der Waals surface area contributed by atoms with E-state index in [4.69, 9.17) is 4.74 Å². The summed E-state index contributed by atoms with van der Waals surface area (Å²) in [5.41, 5.74) is 0.341. The average molecular weight is 277 g/mol. The lowest BCUT2D eigenvalue weighted by Gasteiger charge is -2.15. The van der Waals surface area contributed by atoms with Gasteiger partial charge in [0.05, 0.1) is 13.2 Å². The van der Waals surface area contributed by atoms with Gasteiger partial charge >= 0.3 is 0 Å². The highest BCUT2D eigenvalue weighted by atomic mass is 19.1. The number of rotatable bonds is 5. The molecule has 0 aliphatic rings. The number of aromatic amines is 1. The van der Waals surface area contributed by atoms with Gasteiger partial charge in [-0.25, -0.2) is 9.37 Å². The Kier molecular flexibility index (Phi) is 4.34. The number of aromatic nitrogens is 2. The quantitative estimate of drug-likeness (QED) is 0.882. The van der Waals surface area contributed by atoms with Crippen molar-refractivity contribution in [2.24, 2.45) is 0 Å². The maximum atomic E-state index is 13.3. The number of ether oxygens (including phenoxy) is 1. The normalized spacial score (nSPS) is 11.9. The van der Waals surface area contributed by atoms with Crippen LogP contribution in [0.4, 0.5) is 4.39 Å². The maximum absolute atomic E-state index is 13.3. The maximum Gasteiger partial charge on any atom is 0.252 e. The fourth-order valence-corrected chi connectivity index (χ4v) is 1.87. The number of nitrogens with zero attached hydrogens (tertiary/aromatic N) is 1. The van der Waals surface area contributed by atoms with Crippen LogP contribution in [0.2, 0.25) is 0 Å². The predicted octanol–water partition coefficient (Wildman–Crippen LogP) is 2.44. The molecule has 0 fully saturated rings. The number of halogens is 1. The smallest absolute Gasteiger partial charge is 0.252 e. The van der Waals surface area contributed by atoms with Crippen molar-refractivity contribution in [1.29, 1.82) is 0 Å². The predicted molar refractivity (Wildman–Crippen MR) is 72.0 cm³/mol. The van der Waals surface area contributed by atoms with Gasteiger partial charge in [-0.3, -0.25) is 4.79 Å². The van der Waals surface area contributed by atoms with Gasteiger partial charge in [0, 0.05) is 18.0 Å². The number of carbonyl (C=O) groups is 1. The van der Waals surface area contributed by atoms with Crippen molar-refractivity contribution in [2.45, 2.75) is 19.4 Å². The summed E-state index contributed by atoms with van der Waals surface area (Å²) < 4.78 is 18.2. The fraction of sp³-hybridized carbons (Fsp3) is 0.286. The number of hydrogen-bond acceptors (Lipinski definition) is 3. The molecule has 1 aromatic carbocycles. The van der Waals surface area contributed by atoms with E-state index in [1.807, 2.05) is 6.92 Å². The zero-order chi connectivity index (χ0) is 14.5. The number of methoxy groups -OCH3 is 1. The van der Waals surface area contributed by atoms with Crippen molar-refractivity contribution < 1.29 is 13.9 Å². The molecule has 0 saturated carbocycles. The summed E-state index contributed by atoms with van der Waals surface area (Å²) in [6, 6.07) is 3.79. The molecule has 0 aliphatic heterocycles. The van der Waals surface area contributed by atoms with Crippen LogP contribution in [0, 0.1) is 5.82 Å². The highest BCUT2D eigenvalue weighted by molar-refractivity contribution is 5.94. The molecule has 0 aliphatic carbocycles. The van der Waals surface area contributed by atoms with Gasteiger partial charge in [0.1, 0.15) is 5.82 Å². The van der Waals surface area contributed by atoms with Crippen LogP contribution in [-0.4, -0.2) is 23.0 Å². The van der Waals surface area contributed by atoms with Gasteiger partial charge in [0.25, 0.3) is 5.91 Å². The Balaban J connectivity index is 2.15. The first-order valence-electron chi connectivity index (χ1n) is 6.29. The molecule has 2 N–H and O–H groups in total. The second kappa shape index (κ2) is 6.18. The number of carbonyl (C=O) groups excluding carboxylic acids is 1. The molecule has 6 heteroatoms. The van der Waals surface area contributed by atoms with Gasteiger partial charge in [-0.1, -0.05) is 6.92 Å². The number of H-pyrrole nitrogens is 1. The minimum absolute atomic E-state index is 0.0451. The Labute approximate surface area is 116 Å². The van der Waals surface area contributed by atoms with E-state index in [0.29, 0.717) is 17.8 Å². The van der Waals surface area contributed by atoms with Crippen molar-refractivity contribution >= 4 is 5.91 Å². The van der Waals surface area contributed by atoms with Gasteiger partial charge in [0.15, 0.2) is 11.6 Å². The number of hydrogen-bond donors (Lipinski definition) is 2. The number of nitrogens with one attached hydrogen (secondary N) is 2. The van der Waals surface area contributed by atoms with Crippen molar-refractivity contribution in [1.82, 2.24) is 15.3 Å². The van der Waals surface area contributed by atoms with Crippen molar-refractivity contribution in [3.05, 3.63) is 47.8 Å². The average Bonchev–Trinajstić information content (AvgIpc) is 2.99. The summed E-state index contributed by atoms with van der Waals surface area (Å²) in [5.74, 6) is -0.0627. The zero-order valence-corrected chi connectivity index (χ0v) is 11.3. The second-order valence-corrected chi connectivity index (χ2v) is 4.26.